The molecular weight excluding hydrogens is 448 g/mol. The molecule has 28 heavy (non-hydrogen) atoms. The van der Waals surface area contributed by atoms with Gasteiger partial charge in [-0.3, -0.25) is 4.79 Å². The van der Waals surface area contributed by atoms with Gasteiger partial charge >= 0.3 is 0 Å². The lowest BCUT2D eigenvalue weighted by Gasteiger charge is -2.12. The van der Waals surface area contributed by atoms with Crippen LogP contribution in [-0.2, 0) is 14.8 Å². The smallest absolute Gasteiger partial charge is 0.259 e. The number of hydrogen-bond donors (Lipinski definition) is 2. The summed E-state index contributed by atoms with van der Waals surface area (Å²) in [4.78, 5) is 12.8. The van der Waals surface area contributed by atoms with E-state index in [0.29, 0.717) is 30.2 Å². The Labute approximate surface area is 172 Å². The number of methoxy groups -OCH3 is 1. The fourth-order valence-corrected chi connectivity index (χ4v) is 3.57. The second-order valence-corrected chi connectivity index (χ2v) is 8.28. The van der Waals surface area contributed by atoms with Crippen LogP contribution in [0.3, 0.4) is 0 Å². The van der Waals surface area contributed by atoms with Crippen molar-refractivity contribution in [1.29, 1.82) is 0 Å². The number of anilines is 1. The number of carbonyl (C=O) groups excluding carboxylic acids is 1. The predicted octanol–water partition coefficient (Wildman–Crippen LogP) is 3.19. The molecule has 7 nitrogen and oxygen atoms in total. The number of rotatable bonds is 10. The monoisotopic (exact) mass is 468 g/mol. The van der Waals surface area contributed by atoms with Crippen molar-refractivity contribution in [1.82, 2.24) is 4.72 Å². The van der Waals surface area contributed by atoms with Crippen molar-refractivity contribution in [2.24, 2.45) is 0 Å². The first kappa shape index (κ1) is 22.1. The van der Waals surface area contributed by atoms with E-state index in [1.54, 1.807) is 25.3 Å². The summed E-state index contributed by atoms with van der Waals surface area (Å²) in [6.45, 7) is 4.31. The minimum absolute atomic E-state index is 0.0957. The molecule has 0 spiro atoms. The van der Waals surface area contributed by atoms with Gasteiger partial charge in [-0.15, -0.1) is 6.58 Å². The zero-order valence-electron chi connectivity index (χ0n) is 15.3. The first-order chi connectivity index (χ1) is 13.4. The van der Waals surface area contributed by atoms with E-state index in [-0.39, 0.29) is 17.3 Å². The Morgan fingerprint density at radius 3 is 2.54 bits per heavy atom. The quantitative estimate of drug-likeness (QED) is 0.412. The molecular formula is C19H21BrN2O5S. The van der Waals surface area contributed by atoms with Gasteiger partial charge in [0.25, 0.3) is 5.91 Å². The summed E-state index contributed by atoms with van der Waals surface area (Å²) in [5.41, 5.74) is 0.797. The highest BCUT2D eigenvalue weighted by molar-refractivity contribution is 9.10. The van der Waals surface area contributed by atoms with Gasteiger partial charge in [0.15, 0.2) is 0 Å². The molecule has 0 aliphatic rings. The van der Waals surface area contributed by atoms with E-state index in [1.807, 2.05) is 0 Å². The summed E-state index contributed by atoms with van der Waals surface area (Å²) in [5.74, 6) is 0.0414. The van der Waals surface area contributed by atoms with E-state index in [0.717, 1.165) is 4.47 Å². The second-order valence-electron chi connectivity index (χ2n) is 5.60. The molecule has 0 saturated heterocycles. The van der Waals surface area contributed by atoms with Crippen molar-refractivity contribution in [3.63, 3.8) is 0 Å². The van der Waals surface area contributed by atoms with Gasteiger partial charge in [-0.2, -0.15) is 0 Å². The third-order valence-electron chi connectivity index (χ3n) is 3.57. The fourth-order valence-electron chi connectivity index (χ4n) is 2.21. The predicted molar refractivity (Wildman–Crippen MR) is 111 cm³/mol. The highest BCUT2D eigenvalue weighted by Crippen LogP contribution is 2.25. The second kappa shape index (κ2) is 10.4. The maximum atomic E-state index is 12.7. The summed E-state index contributed by atoms with van der Waals surface area (Å²) in [5, 5.41) is 2.74. The lowest BCUT2D eigenvalue weighted by Crippen LogP contribution is -2.23. The lowest BCUT2D eigenvalue weighted by molar-refractivity contribution is 0.101. The third kappa shape index (κ3) is 6.16. The van der Waals surface area contributed by atoms with E-state index in [9.17, 15) is 13.2 Å². The van der Waals surface area contributed by atoms with E-state index < -0.39 is 10.0 Å². The molecule has 2 aromatic carbocycles. The minimum atomic E-state index is -3.62. The SMILES string of the molecule is C=CCNS(=O)(=O)c1ccc(NC(=O)c2cc(Br)ccc2OCCOC)cc1. The molecule has 0 heterocycles. The molecule has 0 bridgehead atoms. The number of halogens is 1. The van der Waals surface area contributed by atoms with Crippen LogP contribution >= 0.6 is 15.9 Å². The molecule has 0 atom stereocenters. The number of hydrogen-bond acceptors (Lipinski definition) is 5. The van der Waals surface area contributed by atoms with Gasteiger partial charge in [-0.1, -0.05) is 22.0 Å². The highest BCUT2D eigenvalue weighted by Gasteiger charge is 2.16. The normalized spacial score (nSPS) is 11.1. The number of carbonyl (C=O) groups is 1. The van der Waals surface area contributed by atoms with E-state index in [2.05, 4.69) is 32.5 Å². The zero-order chi connectivity index (χ0) is 20.6. The molecule has 9 heteroatoms. The Morgan fingerprint density at radius 2 is 1.89 bits per heavy atom. The summed E-state index contributed by atoms with van der Waals surface area (Å²) >= 11 is 3.34. The maximum absolute atomic E-state index is 12.7. The van der Waals surface area contributed by atoms with Gasteiger partial charge in [0.05, 0.1) is 17.1 Å². The fraction of sp³-hybridized carbons (Fsp3) is 0.211. The summed E-state index contributed by atoms with van der Waals surface area (Å²) in [6, 6.07) is 11.0. The van der Waals surface area contributed by atoms with Gasteiger partial charge in [-0.25, -0.2) is 13.1 Å². The van der Waals surface area contributed by atoms with Gasteiger partial charge in [-0.05, 0) is 42.5 Å². The van der Waals surface area contributed by atoms with Gasteiger partial charge < -0.3 is 14.8 Å². The number of ether oxygens (including phenoxy) is 2. The van der Waals surface area contributed by atoms with Gasteiger partial charge in [0.1, 0.15) is 12.4 Å². The van der Waals surface area contributed by atoms with E-state index in [1.165, 1.54) is 30.3 Å². The highest BCUT2D eigenvalue weighted by atomic mass is 79.9. The van der Waals surface area contributed by atoms with Gasteiger partial charge in [0, 0.05) is 23.8 Å². The van der Waals surface area contributed by atoms with Crippen LogP contribution in [0.4, 0.5) is 5.69 Å². The van der Waals surface area contributed by atoms with Crippen molar-refractivity contribution >= 4 is 37.5 Å². The first-order valence-corrected chi connectivity index (χ1v) is 10.6. The van der Waals surface area contributed by atoms with Crippen LogP contribution in [-0.4, -0.2) is 41.2 Å². The molecule has 0 saturated carbocycles. The molecule has 0 unspecified atom stereocenters. The van der Waals surface area contributed by atoms with Crippen molar-refractivity contribution in [2.45, 2.75) is 4.90 Å². The van der Waals surface area contributed by atoms with Crippen molar-refractivity contribution < 1.29 is 22.7 Å². The van der Waals surface area contributed by atoms with Crippen LogP contribution in [0.25, 0.3) is 0 Å². The number of nitrogens with one attached hydrogen (secondary N) is 2. The van der Waals surface area contributed by atoms with Crippen LogP contribution in [0.2, 0.25) is 0 Å². The average Bonchev–Trinajstić information content (AvgIpc) is 2.68. The minimum Gasteiger partial charge on any atom is -0.490 e. The Hall–Kier alpha value is -2.20. The van der Waals surface area contributed by atoms with Crippen LogP contribution in [0.15, 0.2) is 64.5 Å². The Kier molecular flexibility index (Phi) is 8.18. The molecule has 2 rings (SSSR count). The van der Waals surface area contributed by atoms with Crippen molar-refractivity contribution in [2.75, 3.05) is 32.2 Å². The van der Waals surface area contributed by atoms with E-state index in [4.69, 9.17) is 9.47 Å². The largest absolute Gasteiger partial charge is 0.490 e. The van der Waals surface area contributed by atoms with Crippen LogP contribution < -0.4 is 14.8 Å². The summed E-state index contributed by atoms with van der Waals surface area (Å²) in [6.07, 6.45) is 1.45. The van der Waals surface area contributed by atoms with Gasteiger partial charge in [0.2, 0.25) is 10.0 Å². The molecule has 0 radical (unpaired) electrons. The van der Waals surface area contributed by atoms with E-state index >= 15 is 0 Å². The van der Waals surface area contributed by atoms with Crippen LogP contribution in [0.1, 0.15) is 10.4 Å². The topological polar surface area (TPSA) is 93.7 Å². The molecule has 0 aliphatic heterocycles. The Bertz CT molecular complexity index is 930. The molecule has 0 fully saturated rings. The van der Waals surface area contributed by atoms with Crippen LogP contribution in [0, 0.1) is 0 Å². The molecule has 1 amide bonds. The number of sulfonamides is 1. The number of amides is 1. The third-order valence-corrected chi connectivity index (χ3v) is 5.50. The Balaban J connectivity index is 2.14. The maximum Gasteiger partial charge on any atom is 0.259 e. The molecule has 2 N–H and O–H groups in total. The average molecular weight is 469 g/mol. The van der Waals surface area contributed by atoms with Crippen LogP contribution in [0.5, 0.6) is 5.75 Å². The first-order valence-electron chi connectivity index (χ1n) is 8.30. The summed E-state index contributed by atoms with van der Waals surface area (Å²) < 4.78 is 37.8. The van der Waals surface area contributed by atoms with Crippen molar-refractivity contribution in [3.8, 4) is 5.75 Å². The zero-order valence-corrected chi connectivity index (χ0v) is 17.7. The standard InChI is InChI=1S/C19H21BrN2O5S/c1-3-10-21-28(24,25)16-7-5-15(6-8-16)22-19(23)17-13-14(20)4-9-18(17)27-12-11-26-2/h3-9,13,21H,1,10-12H2,2H3,(H,22,23). The molecule has 0 aromatic heterocycles. The molecule has 0 aliphatic carbocycles. The number of benzene rings is 2. The molecule has 150 valence electrons. The lowest BCUT2D eigenvalue weighted by atomic mass is 10.2. The molecule has 2 aromatic rings. The summed E-state index contributed by atoms with van der Waals surface area (Å²) in [7, 11) is -2.05. The Morgan fingerprint density at radius 1 is 1.18 bits per heavy atom. The van der Waals surface area contributed by atoms with Crippen molar-refractivity contribution in [3.05, 3.63) is 65.2 Å².